The van der Waals surface area contributed by atoms with Crippen LogP contribution in [0.25, 0.3) is 10.9 Å². The van der Waals surface area contributed by atoms with E-state index in [-0.39, 0.29) is 30.1 Å². The molecule has 1 aromatic heterocycles. The Morgan fingerprint density at radius 3 is 2.71 bits per heavy atom. The molecule has 0 spiro atoms. The van der Waals surface area contributed by atoms with Crippen LogP contribution in [0.4, 0.5) is 0 Å². The molecule has 5 rings (SSSR count). The van der Waals surface area contributed by atoms with Gasteiger partial charge in [0, 0.05) is 36.8 Å². The highest BCUT2D eigenvalue weighted by molar-refractivity contribution is 6.38. The number of piperidine rings is 1. The lowest BCUT2D eigenvalue weighted by Crippen LogP contribution is -2.54. The highest BCUT2D eigenvalue weighted by Gasteiger charge is 2.50. The number of rotatable bonds is 8. The van der Waals surface area contributed by atoms with Gasteiger partial charge in [-0.25, -0.2) is 0 Å². The zero-order valence-corrected chi connectivity index (χ0v) is 21.7. The van der Waals surface area contributed by atoms with Crippen LogP contribution in [0.1, 0.15) is 55.9 Å². The molecule has 3 aliphatic rings. The average Bonchev–Trinajstić information content (AvgIpc) is 3.62. The number of H-pyrrole nitrogens is 1. The number of carbonyl (C=O) groups is 5. The molecule has 1 aliphatic carbocycles. The van der Waals surface area contributed by atoms with Crippen LogP contribution in [0.15, 0.2) is 24.3 Å². The third kappa shape index (κ3) is 4.79. The second-order valence-electron chi connectivity index (χ2n) is 10.7. The van der Waals surface area contributed by atoms with Crippen molar-refractivity contribution in [3.8, 4) is 5.75 Å². The van der Waals surface area contributed by atoms with Gasteiger partial charge in [0.05, 0.1) is 13.2 Å². The van der Waals surface area contributed by atoms with E-state index in [4.69, 9.17) is 4.74 Å². The quantitative estimate of drug-likeness (QED) is 0.454. The Morgan fingerprint density at radius 2 is 1.97 bits per heavy atom. The van der Waals surface area contributed by atoms with Crippen LogP contribution in [0, 0.1) is 17.8 Å². The van der Waals surface area contributed by atoms with Gasteiger partial charge in [-0.2, -0.15) is 0 Å². The normalized spacial score (nSPS) is 25.5. The van der Waals surface area contributed by atoms with Crippen molar-refractivity contribution in [3.05, 3.63) is 30.0 Å². The van der Waals surface area contributed by atoms with E-state index in [1.165, 1.54) is 6.92 Å². The largest absolute Gasteiger partial charge is 0.496 e. The molecule has 3 amide bonds. The minimum atomic E-state index is -1.11. The number of likely N-dealkylation sites (tertiary alicyclic amines) is 1. The van der Waals surface area contributed by atoms with Crippen molar-refractivity contribution in [2.45, 2.75) is 57.5 Å². The molecule has 0 radical (unpaired) electrons. The van der Waals surface area contributed by atoms with Gasteiger partial charge in [0.2, 0.25) is 17.6 Å². The van der Waals surface area contributed by atoms with Crippen molar-refractivity contribution in [1.82, 2.24) is 20.5 Å². The molecule has 3 fully saturated rings. The Labute approximate surface area is 220 Å². The van der Waals surface area contributed by atoms with E-state index in [2.05, 4.69) is 15.6 Å². The van der Waals surface area contributed by atoms with Gasteiger partial charge < -0.3 is 25.3 Å². The van der Waals surface area contributed by atoms with E-state index >= 15 is 0 Å². The van der Waals surface area contributed by atoms with Gasteiger partial charge in [-0.1, -0.05) is 12.5 Å². The van der Waals surface area contributed by atoms with E-state index in [1.807, 2.05) is 18.2 Å². The van der Waals surface area contributed by atoms with Gasteiger partial charge in [0.25, 0.3) is 5.91 Å². The molecule has 10 heteroatoms. The van der Waals surface area contributed by atoms with E-state index < -0.39 is 35.5 Å². The first kappa shape index (κ1) is 25.9. The minimum Gasteiger partial charge on any atom is -0.496 e. The Kier molecular flexibility index (Phi) is 7.23. The average molecular weight is 523 g/mol. The maximum atomic E-state index is 13.8. The molecule has 0 bridgehead atoms. The molecule has 3 heterocycles. The standard InChI is InChI=1S/C28H34N4O6/c1-15(33)25(34)21(12-16-7-5-11-29-26(16)35)31-27(36)24-18-8-3-6-17(18)14-32(24)28(37)22-13-19-20(30-22)9-4-10-23(19)38-2/h4,9-10,13,16-18,21,24,30H,3,5-8,11-12,14H2,1-2H3,(H,29,35)(H,31,36)/t16-,17-,18-,21-,24-/m0/s1. The third-order valence-corrected chi connectivity index (χ3v) is 8.39. The zero-order valence-electron chi connectivity index (χ0n) is 21.7. The van der Waals surface area contributed by atoms with Crippen molar-refractivity contribution < 1.29 is 28.7 Å². The fourth-order valence-corrected chi connectivity index (χ4v) is 6.50. The fourth-order valence-electron chi connectivity index (χ4n) is 6.50. The van der Waals surface area contributed by atoms with E-state index in [0.29, 0.717) is 31.0 Å². The summed E-state index contributed by atoms with van der Waals surface area (Å²) in [6, 6.07) is 5.38. The summed E-state index contributed by atoms with van der Waals surface area (Å²) in [5.41, 5.74) is 1.11. The Morgan fingerprint density at radius 1 is 1.16 bits per heavy atom. The fraction of sp³-hybridized carbons (Fsp3) is 0.536. The van der Waals surface area contributed by atoms with Gasteiger partial charge in [-0.3, -0.25) is 24.0 Å². The van der Waals surface area contributed by atoms with Crippen molar-refractivity contribution in [1.29, 1.82) is 0 Å². The lowest BCUT2D eigenvalue weighted by molar-refractivity contribution is -0.139. The smallest absolute Gasteiger partial charge is 0.271 e. The number of methoxy groups -OCH3 is 1. The second-order valence-corrected chi connectivity index (χ2v) is 10.7. The maximum Gasteiger partial charge on any atom is 0.271 e. The van der Waals surface area contributed by atoms with E-state index in [1.54, 1.807) is 18.1 Å². The Balaban J connectivity index is 1.40. The predicted octanol–water partition coefficient (Wildman–Crippen LogP) is 1.98. The van der Waals surface area contributed by atoms with E-state index in [0.717, 1.165) is 36.6 Å². The molecule has 10 nitrogen and oxygen atoms in total. The molecule has 202 valence electrons. The number of carbonyl (C=O) groups excluding carboxylic acids is 5. The maximum absolute atomic E-state index is 13.8. The van der Waals surface area contributed by atoms with Crippen LogP contribution in [-0.4, -0.2) is 71.5 Å². The third-order valence-electron chi connectivity index (χ3n) is 8.39. The minimum absolute atomic E-state index is 0.0241. The van der Waals surface area contributed by atoms with Crippen molar-refractivity contribution in [2.75, 3.05) is 20.2 Å². The highest BCUT2D eigenvalue weighted by atomic mass is 16.5. The number of ketones is 2. The monoisotopic (exact) mass is 522 g/mol. The lowest BCUT2D eigenvalue weighted by Gasteiger charge is -2.30. The molecule has 38 heavy (non-hydrogen) atoms. The van der Waals surface area contributed by atoms with Gasteiger partial charge in [-0.05, 0) is 62.1 Å². The number of nitrogens with one attached hydrogen (secondary N) is 3. The van der Waals surface area contributed by atoms with Gasteiger partial charge in [-0.15, -0.1) is 0 Å². The van der Waals surface area contributed by atoms with Crippen molar-refractivity contribution in [2.24, 2.45) is 17.8 Å². The number of aromatic amines is 1. The molecule has 3 N–H and O–H groups in total. The SMILES string of the molecule is COc1cccc2[nH]c(C(=O)N3C[C@@H]4CCC[C@@H]4[C@H]3C(=O)N[C@@H](C[C@@H]3CCCNC3=O)C(=O)C(C)=O)cc12. The Hall–Kier alpha value is -3.69. The van der Waals surface area contributed by atoms with Gasteiger partial charge >= 0.3 is 0 Å². The molecule has 2 saturated heterocycles. The molecular weight excluding hydrogens is 488 g/mol. The summed E-state index contributed by atoms with van der Waals surface area (Å²) in [7, 11) is 1.57. The summed E-state index contributed by atoms with van der Waals surface area (Å²) in [5, 5.41) is 6.35. The number of ether oxygens (including phenoxy) is 1. The van der Waals surface area contributed by atoms with Gasteiger partial charge in [0.1, 0.15) is 17.5 Å². The zero-order chi connectivity index (χ0) is 27.0. The number of nitrogens with zero attached hydrogens (tertiary/aromatic N) is 1. The molecule has 1 aromatic carbocycles. The summed E-state index contributed by atoms with van der Waals surface area (Å²) in [6.07, 6.45) is 4.14. The molecular formula is C28H34N4O6. The number of fused-ring (bicyclic) bond motifs is 2. The van der Waals surface area contributed by atoms with Crippen LogP contribution in [0.3, 0.4) is 0 Å². The van der Waals surface area contributed by atoms with E-state index in [9.17, 15) is 24.0 Å². The number of Topliss-reactive ketones (excluding diaryl/α,β-unsaturated/α-hetero) is 2. The molecule has 5 atom stereocenters. The summed E-state index contributed by atoms with van der Waals surface area (Å²) in [6.45, 7) is 2.20. The van der Waals surface area contributed by atoms with Crippen LogP contribution >= 0.6 is 0 Å². The number of amides is 3. The Bertz CT molecular complexity index is 1290. The number of hydrogen-bond donors (Lipinski definition) is 3. The predicted molar refractivity (Wildman–Crippen MR) is 138 cm³/mol. The number of aromatic nitrogens is 1. The first-order valence-electron chi connectivity index (χ1n) is 13.4. The highest BCUT2D eigenvalue weighted by Crippen LogP contribution is 2.43. The summed E-state index contributed by atoms with van der Waals surface area (Å²) < 4.78 is 5.42. The van der Waals surface area contributed by atoms with Crippen LogP contribution < -0.4 is 15.4 Å². The van der Waals surface area contributed by atoms with Gasteiger partial charge in [0.15, 0.2) is 5.78 Å². The van der Waals surface area contributed by atoms with Crippen molar-refractivity contribution in [3.63, 3.8) is 0 Å². The molecule has 2 aromatic rings. The molecule has 1 saturated carbocycles. The second kappa shape index (κ2) is 10.6. The lowest BCUT2D eigenvalue weighted by atomic mass is 9.88. The molecule has 2 aliphatic heterocycles. The summed E-state index contributed by atoms with van der Waals surface area (Å²) in [4.78, 5) is 69.4. The van der Waals surface area contributed by atoms with Crippen LogP contribution in [0.2, 0.25) is 0 Å². The van der Waals surface area contributed by atoms with Crippen molar-refractivity contribution >= 4 is 40.2 Å². The topological polar surface area (TPSA) is 138 Å². The van der Waals surface area contributed by atoms with Crippen LogP contribution in [0.5, 0.6) is 5.75 Å². The molecule has 0 unspecified atom stereocenters. The first-order valence-corrected chi connectivity index (χ1v) is 13.4. The summed E-state index contributed by atoms with van der Waals surface area (Å²) in [5.74, 6) is -1.95. The first-order chi connectivity index (χ1) is 18.3. The summed E-state index contributed by atoms with van der Waals surface area (Å²) >= 11 is 0. The number of hydrogen-bond acceptors (Lipinski definition) is 6. The van der Waals surface area contributed by atoms with Crippen LogP contribution in [-0.2, 0) is 19.2 Å². The number of benzene rings is 1.